The van der Waals surface area contributed by atoms with Crippen molar-refractivity contribution in [3.63, 3.8) is 0 Å². The number of fused-ring (bicyclic) bond motifs is 1. The maximum absolute atomic E-state index is 5.90. The number of benzene rings is 1. The number of rotatable bonds is 2. The minimum Gasteiger partial charge on any atom is -0.458 e. The third-order valence-electron chi connectivity index (χ3n) is 3.45. The van der Waals surface area contributed by atoms with Gasteiger partial charge in [-0.05, 0) is 38.1 Å². The zero-order chi connectivity index (χ0) is 11.7. The van der Waals surface area contributed by atoms with Crippen LogP contribution in [-0.4, -0.2) is 18.0 Å². The Morgan fingerprint density at radius 3 is 2.76 bits per heavy atom. The smallest absolute Gasteiger partial charge is 0.157 e. The number of hydrogen-bond acceptors (Lipinski definition) is 3. The van der Waals surface area contributed by atoms with Crippen LogP contribution in [-0.2, 0) is 6.54 Å². The third-order valence-corrected chi connectivity index (χ3v) is 3.45. The molecule has 1 aromatic heterocycles. The van der Waals surface area contributed by atoms with Gasteiger partial charge in [-0.2, -0.15) is 0 Å². The van der Waals surface area contributed by atoms with Crippen molar-refractivity contribution in [3.8, 4) is 0 Å². The lowest BCUT2D eigenvalue weighted by Crippen LogP contribution is -2.28. The van der Waals surface area contributed by atoms with Crippen molar-refractivity contribution in [1.29, 1.82) is 0 Å². The van der Waals surface area contributed by atoms with Gasteiger partial charge in [0.25, 0.3) is 0 Å². The molecular weight excluding hydrogens is 212 g/mol. The lowest BCUT2D eigenvalue weighted by atomic mass is 10.1. The van der Waals surface area contributed by atoms with E-state index in [-0.39, 0.29) is 0 Å². The summed E-state index contributed by atoms with van der Waals surface area (Å²) >= 11 is 0. The molecule has 17 heavy (non-hydrogen) atoms. The first-order valence-corrected chi connectivity index (χ1v) is 6.32. The Hall–Kier alpha value is -1.48. The maximum Gasteiger partial charge on any atom is 0.157 e. The Kier molecular flexibility index (Phi) is 2.77. The number of likely N-dealkylation sites (tertiary alicyclic amines) is 1. The average Bonchev–Trinajstić information content (AvgIpc) is 2.74. The molecule has 1 saturated heterocycles. The van der Waals surface area contributed by atoms with E-state index in [0.717, 1.165) is 29.0 Å². The molecule has 0 bridgehead atoms. The first-order chi connectivity index (χ1) is 8.33. The largest absolute Gasteiger partial charge is 0.458 e. The van der Waals surface area contributed by atoms with E-state index in [1.165, 1.54) is 32.4 Å². The van der Waals surface area contributed by atoms with Gasteiger partial charge in [0.2, 0.25) is 0 Å². The van der Waals surface area contributed by atoms with Crippen molar-refractivity contribution < 1.29 is 4.42 Å². The van der Waals surface area contributed by atoms with Gasteiger partial charge in [0.05, 0.1) is 12.2 Å². The first kappa shape index (κ1) is 10.7. The highest BCUT2D eigenvalue weighted by molar-refractivity contribution is 5.88. The van der Waals surface area contributed by atoms with E-state index in [1.54, 1.807) is 0 Å². The van der Waals surface area contributed by atoms with E-state index in [4.69, 9.17) is 10.2 Å². The number of para-hydroxylation sites is 1. The summed E-state index contributed by atoms with van der Waals surface area (Å²) in [6.07, 6.45) is 3.98. The number of nitrogens with zero attached hydrogens (tertiary/aromatic N) is 1. The highest BCUT2D eigenvalue weighted by Gasteiger charge is 2.13. The molecule has 3 rings (SSSR count). The van der Waals surface area contributed by atoms with Crippen LogP contribution in [0.2, 0.25) is 0 Å². The number of furan rings is 1. The van der Waals surface area contributed by atoms with Crippen molar-refractivity contribution in [2.75, 3.05) is 18.8 Å². The number of nitrogens with two attached hydrogens (primary N) is 1. The zero-order valence-corrected chi connectivity index (χ0v) is 9.98. The molecule has 1 aliphatic rings. The van der Waals surface area contributed by atoms with E-state index < -0.39 is 0 Å². The lowest BCUT2D eigenvalue weighted by Gasteiger charge is -2.25. The molecular formula is C14H18N2O. The Morgan fingerprint density at radius 2 is 2.00 bits per heavy atom. The van der Waals surface area contributed by atoms with E-state index in [2.05, 4.69) is 17.0 Å². The highest BCUT2D eigenvalue weighted by atomic mass is 16.3. The molecule has 3 heteroatoms. The zero-order valence-electron chi connectivity index (χ0n) is 9.98. The number of nitrogen functional groups attached to an aromatic ring is 1. The predicted octanol–water partition coefficient (Wildman–Crippen LogP) is 3.00. The molecule has 1 aliphatic heterocycles. The number of hydrogen-bond donors (Lipinski definition) is 1. The molecule has 0 saturated carbocycles. The van der Waals surface area contributed by atoms with Crippen LogP contribution >= 0.6 is 0 Å². The predicted molar refractivity (Wildman–Crippen MR) is 69.8 cm³/mol. The molecule has 1 fully saturated rings. The Labute approximate surface area is 101 Å². The standard InChI is InChI=1S/C14H18N2O/c15-13-6-4-5-11-9-12(17-14(11)13)10-16-7-2-1-3-8-16/h4-6,9H,1-3,7-8,10,15H2. The SMILES string of the molecule is Nc1cccc2cc(CN3CCCCC3)oc12. The molecule has 0 spiro atoms. The fourth-order valence-electron chi connectivity index (χ4n) is 2.55. The Balaban J connectivity index is 1.83. The van der Waals surface area contributed by atoms with Crippen LogP contribution in [0.5, 0.6) is 0 Å². The van der Waals surface area contributed by atoms with Crippen LogP contribution in [0.25, 0.3) is 11.0 Å². The monoisotopic (exact) mass is 230 g/mol. The van der Waals surface area contributed by atoms with Gasteiger partial charge in [-0.25, -0.2) is 0 Å². The molecule has 0 radical (unpaired) electrons. The molecule has 0 unspecified atom stereocenters. The fourth-order valence-corrected chi connectivity index (χ4v) is 2.55. The van der Waals surface area contributed by atoms with Crippen molar-refractivity contribution in [3.05, 3.63) is 30.0 Å². The highest BCUT2D eigenvalue weighted by Crippen LogP contribution is 2.25. The molecule has 2 N–H and O–H groups in total. The third kappa shape index (κ3) is 2.15. The van der Waals surface area contributed by atoms with Gasteiger partial charge in [0, 0.05) is 5.39 Å². The summed E-state index contributed by atoms with van der Waals surface area (Å²) in [7, 11) is 0. The van der Waals surface area contributed by atoms with E-state index in [1.807, 2.05) is 12.1 Å². The van der Waals surface area contributed by atoms with Gasteiger partial charge < -0.3 is 10.2 Å². The van der Waals surface area contributed by atoms with Gasteiger partial charge >= 0.3 is 0 Å². The molecule has 0 atom stereocenters. The summed E-state index contributed by atoms with van der Waals surface area (Å²) in [5, 5.41) is 1.11. The average molecular weight is 230 g/mol. The normalized spacial score (nSPS) is 17.6. The second-order valence-electron chi connectivity index (χ2n) is 4.82. The fraction of sp³-hybridized carbons (Fsp3) is 0.429. The van der Waals surface area contributed by atoms with Crippen LogP contribution in [0.4, 0.5) is 5.69 Å². The van der Waals surface area contributed by atoms with Crippen molar-refractivity contribution in [1.82, 2.24) is 4.90 Å². The quantitative estimate of drug-likeness (QED) is 0.806. The van der Waals surface area contributed by atoms with Gasteiger partial charge in [0.1, 0.15) is 5.76 Å². The molecule has 3 nitrogen and oxygen atoms in total. The van der Waals surface area contributed by atoms with E-state index >= 15 is 0 Å². The van der Waals surface area contributed by atoms with Gasteiger partial charge in [-0.3, -0.25) is 4.90 Å². The van der Waals surface area contributed by atoms with Gasteiger partial charge in [0.15, 0.2) is 5.58 Å². The van der Waals surface area contributed by atoms with Crippen LogP contribution in [0.3, 0.4) is 0 Å². The number of anilines is 1. The summed E-state index contributed by atoms with van der Waals surface area (Å²) < 4.78 is 5.83. The van der Waals surface area contributed by atoms with Gasteiger partial charge in [-0.15, -0.1) is 0 Å². The van der Waals surface area contributed by atoms with Crippen LogP contribution < -0.4 is 5.73 Å². The molecule has 0 aliphatic carbocycles. The molecule has 90 valence electrons. The van der Waals surface area contributed by atoms with Crippen molar-refractivity contribution >= 4 is 16.7 Å². The number of piperidine rings is 1. The Bertz CT molecular complexity index is 512. The second-order valence-corrected chi connectivity index (χ2v) is 4.82. The van der Waals surface area contributed by atoms with E-state index in [9.17, 15) is 0 Å². The van der Waals surface area contributed by atoms with Crippen molar-refractivity contribution in [2.24, 2.45) is 0 Å². The first-order valence-electron chi connectivity index (χ1n) is 6.32. The lowest BCUT2D eigenvalue weighted by molar-refractivity contribution is 0.207. The summed E-state index contributed by atoms with van der Waals surface area (Å²) in [5.41, 5.74) is 7.46. The minimum atomic E-state index is 0.729. The molecule has 1 aromatic carbocycles. The summed E-state index contributed by atoms with van der Waals surface area (Å²) in [6.45, 7) is 3.28. The summed E-state index contributed by atoms with van der Waals surface area (Å²) in [6, 6.07) is 8.02. The van der Waals surface area contributed by atoms with Crippen LogP contribution in [0.15, 0.2) is 28.7 Å². The summed E-state index contributed by atoms with van der Waals surface area (Å²) in [5.74, 6) is 1.03. The van der Waals surface area contributed by atoms with Crippen LogP contribution in [0.1, 0.15) is 25.0 Å². The van der Waals surface area contributed by atoms with Crippen molar-refractivity contribution in [2.45, 2.75) is 25.8 Å². The van der Waals surface area contributed by atoms with Crippen LogP contribution in [0, 0.1) is 0 Å². The molecule has 2 heterocycles. The topological polar surface area (TPSA) is 42.4 Å². The second kappa shape index (κ2) is 4.41. The van der Waals surface area contributed by atoms with Gasteiger partial charge in [-0.1, -0.05) is 18.6 Å². The maximum atomic E-state index is 5.90. The summed E-state index contributed by atoms with van der Waals surface area (Å²) in [4.78, 5) is 2.46. The molecule has 0 amide bonds. The van der Waals surface area contributed by atoms with E-state index in [0.29, 0.717) is 0 Å². The molecule has 2 aromatic rings. The minimum absolute atomic E-state index is 0.729. The Morgan fingerprint density at radius 1 is 1.18 bits per heavy atom.